The number of nitriles is 3. The van der Waals surface area contributed by atoms with Crippen LogP contribution < -0.4 is 0 Å². The first-order chi connectivity index (χ1) is 35.4. The zero-order valence-electron chi connectivity index (χ0n) is 38.2. The largest absolute Gasteiger partial charge is 0.308 e. The molecule has 0 atom stereocenters. The van der Waals surface area contributed by atoms with Crippen molar-refractivity contribution in [2.75, 3.05) is 0 Å². The van der Waals surface area contributed by atoms with Gasteiger partial charge in [0.25, 0.3) is 0 Å². The van der Waals surface area contributed by atoms with Crippen molar-refractivity contribution in [3.8, 4) is 85.2 Å². The second-order valence-corrected chi connectivity index (χ2v) is 17.5. The average molecular weight is 915 g/mol. The van der Waals surface area contributed by atoms with E-state index in [1.807, 2.05) is 121 Å². The number of rotatable bonds is 7. The second kappa shape index (κ2) is 17.4. The van der Waals surface area contributed by atoms with Crippen molar-refractivity contribution in [2.24, 2.45) is 0 Å². The van der Waals surface area contributed by atoms with Crippen molar-refractivity contribution in [1.29, 1.82) is 15.8 Å². The van der Waals surface area contributed by atoms with E-state index in [1.165, 1.54) is 0 Å². The Bertz CT molecular complexity index is 3910. The Morgan fingerprint density at radius 1 is 0.333 bits per heavy atom. The molecule has 72 heavy (non-hydrogen) atoms. The van der Waals surface area contributed by atoms with Crippen LogP contribution in [-0.4, -0.2) is 14.1 Å². The molecule has 0 amide bonds. The Morgan fingerprint density at radius 2 is 0.639 bits per heavy atom. The van der Waals surface area contributed by atoms with E-state index in [-0.39, 0.29) is 0 Å². The molecule has 8 heteroatoms. The third-order valence-corrected chi connectivity index (χ3v) is 13.6. The molecule has 3 aromatic heterocycles. The van der Waals surface area contributed by atoms with Crippen LogP contribution in [0.15, 0.2) is 207 Å². The van der Waals surface area contributed by atoms with E-state index in [2.05, 4.69) is 115 Å². The molecular formula is C64H34N8. The molecule has 12 aromatic rings. The van der Waals surface area contributed by atoms with Gasteiger partial charge in [-0.2, -0.15) is 15.8 Å². The Morgan fingerprint density at radius 3 is 0.944 bits per heavy atom. The van der Waals surface area contributed by atoms with Gasteiger partial charge >= 0.3 is 0 Å². The summed E-state index contributed by atoms with van der Waals surface area (Å²) < 4.78 is 4.55. The normalized spacial score (nSPS) is 11.0. The Labute approximate surface area is 414 Å². The van der Waals surface area contributed by atoms with Crippen LogP contribution in [0.5, 0.6) is 0 Å². The molecule has 12 rings (SSSR count). The van der Waals surface area contributed by atoms with E-state index in [9.17, 15) is 15.8 Å². The molecule has 0 fully saturated rings. The summed E-state index contributed by atoms with van der Waals surface area (Å²) >= 11 is 0. The van der Waals surface area contributed by atoms with Crippen LogP contribution in [0.2, 0.25) is 0 Å². The average Bonchev–Trinajstić information content (AvgIpc) is 3.96. The van der Waals surface area contributed by atoms with Crippen LogP contribution in [-0.2, 0) is 0 Å². The zero-order valence-corrected chi connectivity index (χ0v) is 38.2. The molecule has 0 radical (unpaired) electrons. The molecule has 0 saturated carbocycles. The van der Waals surface area contributed by atoms with Crippen molar-refractivity contribution < 1.29 is 0 Å². The van der Waals surface area contributed by atoms with Gasteiger partial charge in [-0.05, 0) is 123 Å². The smallest absolute Gasteiger partial charge is 0.187 e. The molecule has 0 unspecified atom stereocenters. The highest BCUT2D eigenvalue weighted by atomic mass is 15.0. The SMILES string of the molecule is [C-]#[N+]c1ccc(-c2ccc3c4ccc(-c5ccc(C#N)cc5)cc4n(-c4cc(C#N)cc(-n5c6cc(-c7ccc(C#N)cc7)ccc6c6ccc(-c7ccc([N+]#[C-])cc7)cc65)c4-c4ccncc4)c3c2)cc1. The highest BCUT2D eigenvalue weighted by Gasteiger charge is 2.25. The fraction of sp³-hybridized carbons (Fsp3) is 0. The minimum Gasteiger partial charge on any atom is -0.308 e. The van der Waals surface area contributed by atoms with Crippen LogP contribution in [0.25, 0.3) is 120 Å². The van der Waals surface area contributed by atoms with Gasteiger partial charge in [0.1, 0.15) is 0 Å². The van der Waals surface area contributed by atoms with Crippen molar-refractivity contribution in [2.45, 2.75) is 0 Å². The molecule has 3 heterocycles. The van der Waals surface area contributed by atoms with Crippen molar-refractivity contribution in [3.05, 3.63) is 246 Å². The molecule has 330 valence electrons. The predicted octanol–water partition coefficient (Wildman–Crippen LogP) is 16.3. The number of hydrogen-bond donors (Lipinski definition) is 0. The minimum absolute atomic E-state index is 0.450. The van der Waals surface area contributed by atoms with Gasteiger partial charge in [-0.15, -0.1) is 0 Å². The van der Waals surface area contributed by atoms with E-state index in [0.29, 0.717) is 28.1 Å². The maximum absolute atomic E-state index is 11.2. The summed E-state index contributed by atoms with van der Waals surface area (Å²) in [5.74, 6) is 0. The number of nitrogens with zero attached hydrogens (tertiary/aromatic N) is 8. The number of benzene rings is 9. The molecule has 8 nitrogen and oxygen atoms in total. The first-order valence-electron chi connectivity index (χ1n) is 23.1. The molecule has 0 bridgehead atoms. The van der Waals surface area contributed by atoms with Crippen LogP contribution in [0.1, 0.15) is 16.7 Å². The molecule has 0 aliphatic rings. The maximum atomic E-state index is 11.2. The van der Waals surface area contributed by atoms with Crippen LogP contribution in [0.4, 0.5) is 11.4 Å². The van der Waals surface area contributed by atoms with E-state index < -0.39 is 0 Å². The van der Waals surface area contributed by atoms with Gasteiger partial charge in [0.15, 0.2) is 11.4 Å². The van der Waals surface area contributed by atoms with Gasteiger partial charge in [0.2, 0.25) is 0 Å². The summed E-state index contributed by atoms with van der Waals surface area (Å²) in [5.41, 5.74) is 17.4. The number of pyridine rings is 1. The van der Waals surface area contributed by atoms with Crippen molar-refractivity contribution >= 4 is 55.0 Å². The van der Waals surface area contributed by atoms with Crippen LogP contribution >= 0.6 is 0 Å². The Hall–Kier alpha value is -10.8. The highest BCUT2D eigenvalue weighted by molar-refractivity contribution is 6.14. The highest BCUT2D eigenvalue weighted by Crippen LogP contribution is 2.45. The molecule has 0 N–H and O–H groups in total. The van der Waals surface area contributed by atoms with E-state index in [4.69, 9.17) is 13.1 Å². The standard InChI is InChI=1S/C64H34N8/c1-68-52-19-11-45(12-20-52)50-17-25-56-54-23-15-48(43-7-3-40(37-65)4-8-43)33-58(54)71(60(56)35-50)62-31-42(39-67)32-63(64(62)47-27-29-70-30-28-47)72-59-34-49(44-9-5-41(38-66)6-10-44)16-24-55(59)57-26-18-51(36-61(57)72)46-13-21-53(69-2)22-14-46/h3-36H. The van der Waals surface area contributed by atoms with Crippen LogP contribution in [0, 0.1) is 47.1 Å². The molecule has 0 aliphatic carbocycles. The Kier molecular flexibility index (Phi) is 10.3. The quantitative estimate of drug-likeness (QED) is 0.149. The summed E-state index contributed by atoms with van der Waals surface area (Å²) in [5, 5.41) is 34.5. The van der Waals surface area contributed by atoms with Gasteiger partial charge < -0.3 is 9.13 Å². The molecule has 0 aliphatic heterocycles. The monoisotopic (exact) mass is 914 g/mol. The first-order valence-corrected chi connectivity index (χ1v) is 23.1. The molecule has 9 aromatic carbocycles. The summed E-state index contributed by atoms with van der Waals surface area (Å²) in [7, 11) is 0. The summed E-state index contributed by atoms with van der Waals surface area (Å²) in [6.07, 6.45) is 3.58. The number of fused-ring (bicyclic) bond motifs is 6. The van der Waals surface area contributed by atoms with Crippen molar-refractivity contribution in [3.63, 3.8) is 0 Å². The first kappa shape index (κ1) is 42.5. The maximum Gasteiger partial charge on any atom is 0.187 e. The minimum atomic E-state index is 0.450. The lowest BCUT2D eigenvalue weighted by atomic mass is 9.98. The molecular weight excluding hydrogens is 881 g/mol. The fourth-order valence-electron chi connectivity index (χ4n) is 10.0. The fourth-order valence-corrected chi connectivity index (χ4v) is 10.0. The van der Waals surface area contributed by atoms with Gasteiger partial charge in [-0.25, -0.2) is 9.69 Å². The zero-order chi connectivity index (χ0) is 48.9. The lowest BCUT2D eigenvalue weighted by Gasteiger charge is -2.21. The summed E-state index contributed by atoms with van der Waals surface area (Å²) in [6.45, 7) is 15.2. The molecule has 0 spiro atoms. The number of hydrogen-bond acceptors (Lipinski definition) is 4. The third kappa shape index (κ3) is 7.17. The number of aromatic nitrogens is 3. The predicted molar refractivity (Wildman–Crippen MR) is 287 cm³/mol. The van der Waals surface area contributed by atoms with E-state index in [1.54, 1.807) is 12.4 Å². The van der Waals surface area contributed by atoms with Gasteiger partial charge in [-0.3, -0.25) is 4.98 Å². The topological polar surface area (TPSA) is 103 Å². The van der Waals surface area contributed by atoms with Crippen LogP contribution in [0.3, 0.4) is 0 Å². The van der Waals surface area contributed by atoms with E-state index in [0.717, 1.165) is 111 Å². The lowest BCUT2D eigenvalue weighted by molar-refractivity contribution is 1.13. The second-order valence-electron chi connectivity index (χ2n) is 17.5. The van der Waals surface area contributed by atoms with Gasteiger partial charge in [0.05, 0.1) is 81.5 Å². The third-order valence-electron chi connectivity index (χ3n) is 13.6. The van der Waals surface area contributed by atoms with Gasteiger partial charge in [-0.1, -0.05) is 121 Å². The van der Waals surface area contributed by atoms with Gasteiger partial charge in [0, 0.05) is 39.5 Å². The van der Waals surface area contributed by atoms with Crippen molar-refractivity contribution in [1.82, 2.24) is 14.1 Å². The molecule has 0 saturated heterocycles. The van der Waals surface area contributed by atoms with E-state index >= 15 is 0 Å². The summed E-state index contributed by atoms with van der Waals surface area (Å²) in [6, 6.07) is 71.3. The Balaban J connectivity index is 1.21. The lowest BCUT2D eigenvalue weighted by Crippen LogP contribution is -2.05. The summed E-state index contributed by atoms with van der Waals surface area (Å²) in [4.78, 5) is 11.7.